The molecule has 1 rings (SSSR count). The highest BCUT2D eigenvalue weighted by Crippen LogP contribution is 2.15. The van der Waals surface area contributed by atoms with E-state index in [0.717, 1.165) is 12.1 Å². The van der Waals surface area contributed by atoms with Gasteiger partial charge in [-0.3, -0.25) is 0 Å². The zero-order chi connectivity index (χ0) is 13.8. The molecule has 0 heterocycles. The molecular weight excluding hydrogens is 255 g/mol. The second-order valence-electron chi connectivity index (χ2n) is 4.27. The highest BCUT2D eigenvalue weighted by Gasteiger charge is 2.16. The van der Waals surface area contributed by atoms with Crippen molar-refractivity contribution in [3.05, 3.63) is 35.1 Å². The van der Waals surface area contributed by atoms with Crippen molar-refractivity contribution in [1.82, 2.24) is 0 Å². The van der Waals surface area contributed by atoms with Crippen molar-refractivity contribution >= 4 is 9.84 Å². The molecule has 1 atom stereocenters. The summed E-state index contributed by atoms with van der Waals surface area (Å²) in [4.78, 5) is 0. The van der Waals surface area contributed by atoms with Crippen LogP contribution in [0, 0.1) is 17.1 Å². The summed E-state index contributed by atoms with van der Waals surface area (Å²) >= 11 is 0. The molecule has 0 aliphatic carbocycles. The first kappa shape index (κ1) is 14.6. The van der Waals surface area contributed by atoms with Crippen LogP contribution in [0.1, 0.15) is 24.5 Å². The molecule has 1 unspecified atom stereocenters. The largest absolute Gasteiger partial charge is 0.328 e. The Morgan fingerprint density at radius 2 is 2.17 bits per heavy atom. The number of halogens is 1. The molecular formula is C12H15FN2O2S. The average molecular weight is 270 g/mol. The van der Waals surface area contributed by atoms with Gasteiger partial charge >= 0.3 is 0 Å². The summed E-state index contributed by atoms with van der Waals surface area (Å²) in [6.07, 6.45) is 0.347. The number of hydrogen-bond donors (Lipinski definition) is 1. The molecule has 0 radical (unpaired) electrons. The molecule has 98 valence electrons. The van der Waals surface area contributed by atoms with E-state index < -0.39 is 15.7 Å². The van der Waals surface area contributed by atoms with Crippen LogP contribution in [0.3, 0.4) is 0 Å². The Morgan fingerprint density at radius 1 is 1.50 bits per heavy atom. The molecule has 6 heteroatoms. The maximum Gasteiger partial charge on any atom is 0.154 e. The van der Waals surface area contributed by atoms with Crippen LogP contribution < -0.4 is 5.73 Å². The van der Waals surface area contributed by atoms with Gasteiger partial charge in [0.2, 0.25) is 0 Å². The molecule has 0 aromatic heterocycles. The number of hydrogen-bond acceptors (Lipinski definition) is 4. The van der Waals surface area contributed by atoms with Crippen molar-refractivity contribution in [2.24, 2.45) is 5.73 Å². The highest BCUT2D eigenvalue weighted by atomic mass is 32.2. The van der Waals surface area contributed by atoms with Gasteiger partial charge in [0.25, 0.3) is 0 Å². The zero-order valence-corrected chi connectivity index (χ0v) is 10.9. The fraction of sp³-hybridized carbons (Fsp3) is 0.417. The predicted octanol–water partition coefficient (Wildman–Crippen LogP) is 1.35. The second kappa shape index (κ2) is 5.94. The maximum absolute atomic E-state index is 13.0. The number of nitrogens with zero attached hydrogens (tertiary/aromatic N) is 1. The summed E-state index contributed by atoms with van der Waals surface area (Å²) in [5, 5.41) is 8.84. The first-order valence-electron chi connectivity index (χ1n) is 5.48. The fourth-order valence-electron chi connectivity index (χ4n) is 1.47. The molecule has 0 amide bonds. The predicted molar refractivity (Wildman–Crippen MR) is 66.9 cm³/mol. The van der Waals surface area contributed by atoms with Gasteiger partial charge in [-0.05, 0) is 37.1 Å². The molecule has 0 bridgehead atoms. The van der Waals surface area contributed by atoms with Gasteiger partial charge in [0.05, 0.1) is 23.1 Å². The summed E-state index contributed by atoms with van der Waals surface area (Å²) in [6.45, 7) is 1.72. The lowest BCUT2D eigenvalue weighted by Crippen LogP contribution is -2.21. The summed E-state index contributed by atoms with van der Waals surface area (Å²) in [5.74, 6) is -0.946. The van der Waals surface area contributed by atoms with Crippen molar-refractivity contribution in [2.75, 3.05) is 5.75 Å². The number of nitrogens with two attached hydrogens (primary N) is 1. The topological polar surface area (TPSA) is 84.0 Å². The molecule has 0 fully saturated rings. The number of nitriles is 1. The Morgan fingerprint density at radius 3 is 2.72 bits per heavy atom. The average Bonchev–Trinajstić information content (AvgIpc) is 2.26. The van der Waals surface area contributed by atoms with Crippen LogP contribution in [-0.4, -0.2) is 20.2 Å². The maximum atomic E-state index is 13.0. The van der Waals surface area contributed by atoms with E-state index in [4.69, 9.17) is 11.0 Å². The fourth-order valence-corrected chi connectivity index (χ4v) is 3.05. The van der Waals surface area contributed by atoms with Crippen LogP contribution >= 0.6 is 0 Å². The second-order valence-corrected chi connectivity index (χ2v) is 6.46. The van der Waals surface area contributed by atoms with Crippen molar-refractivity contribution < 1.29 is 12.8 Å². The SMILES string of the molecule is CC(N)CCS(=O)(=O)Cc1cc(F)ccc1C#N. The van der Waals surface area contributed by atoms with E-state index in [1.165, 1.54) is 6.07 Å². The van der Waals surface area contributed by atoms with Gasteiger partial charge < -0.3 is 5.73 Å². The van der Waals surface area contributed by atoms with Gasteiger partial charge in [-0.1, -0.05) is 0 Å². The Kier molecular flexibility index (Phi) is 4.82. The molecule has 0 saturated carbocycles. The van der Waals surface area contributed by atoms with E-state index in [0.29, 0.717) is 6.42 Å². The van der Waals surface area contributed by atoms with E-state index in [-0.39, 0.29) is 28.7 Å². The smallest absolute Gasteiger partial charge is 0.154 e. The molecule has 4 nitrogen and oxygen atoms in total. The Balaban J connectivity index is 2.90. The van der Waals surface area contributed by atoms with Crippen LogP contribution in [0.2, 0.25) is 0 Å². The standard InChI is InChI=1S/C12H15FN2O2S/c1-9(15)4-5-18(16,17)8-11-6-12(13)3-2-10(11)7-14/h2-3,6,9H,4-5,8,15H2,1H3. The Hall–Kier alpha value is -1.45. The molecule has 1 aromatic carbocycles. The van der Waals surface area contributed by atoms with E-state index >= 15 is 0 Å². The molecule has 2 N–H and O–H groups in total. The van der Waals surface area contributed by atoms with Crippen LogP contribution in [0.4, 0.5) is 4.39 Å². The molecule has 0 saturated heterocycles. The van der Waals surface area contributed by atoms with E-state index in [1.807, 2.05) is 6.07 Å². The van der Waals surface area contributed by atoms with Crippen LogP contribution in [0.25, 0.3) is 0 Å². The van der Waals surface area contributed by atoms with Gasteiger partial charge in [-0.15, -0.1) is 0 Å². The van der Waals surface area contributed by atoms with Crippen molar-refractivity contribution in [3.63, 3.8) is 0 Å². The molecule has 0 spiro atoms. The van der Waals surface area contributed by atoms with E-state index in [9.17, 15) is 12.8 Å². The minimum absolute atomic E-state index is 0.0634. The monoisotopic (exact) mass is 270 g/mol. The first-order valence-corrected chi connectivity index (χ1v) is 7.31. The van der Waals surface area contributed by atoms with Crippen molar-refractivity contribution in [1.29, 1.82) is 5.26 Å². The molecule has 0 aliphatic heterocycles. The first-order chi connectivity index (χ1) is 8.34. The minimum Gasteiger partial charge on any atom is -0.328 e. The summed E-state index contributed by atoms with van der Waals surface area (Å²) in [5.41, 5.74) is 5.87. The third kappa shape index (κ3) is 4.43. The third-order valence-electron chi connectivity index (χ3n) is 2.45. The number of rotatable bonds is 5. The van der Waals surface area contributed by atoms with Gasteiger partial charge in [-0.2, -0.15) is 5.26 Å². The summed E-state index contributed by atoms with van der Waals surface area (Å²) in [7, 11) is -3.38. The molecule has 18 heavy (non-hydrogen) atoms. The lowest BCUT2D eigenvalue weighted by atomic mass is 10.1. The van der Waals surface area contributed by atoms with Gasteiger partial charge in [0.1, 0.15) is 5.82 Å². The summed E-state index contributed by atoms with van der Waals surface area (Å²) < 4.78 is 36.6. The summed E-state index contributed by atoms with van der Waals surface area (Å²) in [6, 6.07) is 5.15. The normalized spacial score (nSPS) is 13.0. The quantitative estimate of drug-likeness (QED) is 0.875. The Labute approximate surface area is 106 Å². The highest BCUT2D eigenvalue weighted by molar-refractivity contribution is 7.90. The Bertz CT molecular complexity index is 562. The van der Waals surface area contributed by atoms with Crippen LogP contribution in [-0.2, 0) is 15.6 Å². The van der Waals surface area contributed by atoms with E-state index in [2.05, 4.69) is 0 Å². The lowest BCUT2D eigenvalue weighted by Gasteiger charge is -2.08. The molecule has 1 aromatic rings. The van der Waals surface area contributed by atoms with Crippen LogP contribution in [0.5, 0.6) is 0 Å². The van der Waals surface area contributed by atoms with Crippen molar-refractivity contribution in [2.45, 2.75) is 25.1 Å². The van der Waals surface area contributed by atoms with Crippen LogP contribution in [0.15, 0.2) is 18.2 Å². The van der Waals surface area contributed by atoms with Crippen molar-refractivity contribution in [3.8, 4) is 6.07 Å². The van der Waals surface area contributed by atoms with Gasteiger partial charge in [0, 0.05) is 6.04 Å². The number of benzene rings is 1. The van der Waals surface area contributed by atoms with E-state index in [1.54, 1.807) is 6.92 Å². The zero-order valence-electron chi connectivity index (χ0n) is 10.1. The number of sulfone groups is 1. The van der Waals surface area contributed by atoms with Gasteiger partial charge in [0.15, 0.2) is 9.84 Å². The molecule has 0 aliphatic rings. The van der Waals surface area contributed by atoms with Gasteiger partial charge in [-0.25, -0.2) is 12.8 Å². The third-order valence-corrected chi connectivity index (χ3v) is 4.06. The lowest BCUT2D eigenvalue weighted by molar-refractivity contribution is 0.586. The minimum atomic E-state index is -3.38.